The fourth-order valence-corrected chi connectivity index (χ4v) is 8.63. The summed E-state index contributed by atoms with van der Waals surface area (Å²) < 4.78 is 50.2. The van der Waals surface area contributed by atoms with Crippen molar-refractivity contribution in [2.45, 2.75) is 48.5 Å². The molecule has 0 aromatic heterocycles. The minimum Gasteiger partial charge on any atom is -0.497 e. The number of imide groups is 1. The highest BCUT2D eigenvalue weighted by Gasteiger charge is 2.32. The maximum atomic E-state index is 13.3. The van der Waals surface area contributed by atoms with Crippen LogP contribution in [0.3, 0.4) is 0 Å². The number of halogens is 3. The molecule has 4 unspecified atom stereocenters. The summed E-state index contributed by atoms with van der Waals surface area (Å²) >= 11 is 2.92. The van der Waals surface area contributed by atoms with Crippen LogP contribution in [0, 0.1) is 0 Å². The van der Waals surface area contributed by atoms with Gasteiger partial charge in [0.2, 0.25) is 5.91 Å². The second-order valence-electron chi connectivity index (χ2n) is 13.9. The van der Waals surface area contributed by atoms with Crippen LogP contribution >= 0.6 is 23.5 Å². The highest BCUT2D eigenvalue weighted by molar-refractivity contribution is 8.15. The van der Waals surface area contributed by atoms with Gasteiger partial charge in [-0.2, -0.15) is 13.2 Å². The molecule has 5 aromatic rings. The van der Waals surface area contributed by atoms with Gasteiger partial charge in [-0.25, -0.2) is 0 Å². The number of methoxy groups -OCH3 is 2. The Balaban J connectivity index is 0.000000220. The molecule has 7 rings (SSSR count). The molecular weight excluding hydrogens is 784 g/mol. The van der Waals surface area contributed by atoms with E-state index in [1.807, 2.05) is 110 Å². The summed E-state index contributed by atoms with van der Waals surface area (Å²) in [5.41, 5.74) is 5.13. The van der Waals surface area contributed by atoms with E-state index >= 15 is 0 Å². The first-order valence-corrected chi connectivity index (χ1v) is 20.6. The zero-order valence-electron chi connectivity index (χ0n) is 32.2. The number of ether oxygens (including phenoxy) is 2. The standard InChI is InChI=1S/C27H25F3N2O3S.C18H19NO2S/c1-16(19-6-4-8-21(15-19)27(28,29)30)31-24(18-9-11-22(35-2)12-10-18)20-7-3-5-17(13-20)14-23-25(33)32-26(34)36-23;1-21-16-7-5-14(6-8-16)18(20)15-4-2-3-13(9-15)10-17-11-19-12-22-17/h3-13,15-16,23-24,31H,14H2,1-2H3,(H,32,33,34);2-9,17,19H,10-12H2,1H3. The maximum absolute atomic E-state index is 13.3. The van der Waals surface area contributed by atoms with Crippen LogP contribution in [-0.2, 0) is 23.8 Å². The molecule has 0 bridgehead atoms. The molecule has 58 heavy (non-hydrogen) atoms. The van der Waals surface area contributed by atoms with Crippen molar-refractivity contribution >= 4 is 40.5 Å². The molecule has 2 heterocycles. The van der Waals surface area contributed by atoms with Gasteiger partial charge in [0.15, 0.2) is 5.78 Å². The number of nitrogens with one attached hydrogen (secondary N) is 3. The van der Waals surface area contributed by atoms with Crippen LogP contribution < -0.4 is 25.4 Å². The molecule has 13 heteroatoms. The first-order valence-electron chi connectivity index (χ1n) is 18.7. The van der Waals surface area contributed by atoms with Gasteiger partial charge in [-0.05, 0) is 102 Å². The third kappa shape index (κ3) is 11.3. The number of rotatable bonds is 13. The number of hydrogen-bond donors (Lipinski definition) is 3. The maximum Gasteiger partial charge on any atom is 0.416 e. The third-order valence-electron chi connectivity index (χ3n) is 9.85. The lowest BCUT2D eigenvalue weighted by Crippen LogP contribution is -2.27. The predicted octanol–water partition coefficient (Wildman–Crippen LogP) is 9.18. The van der Waals surface area contributed by atoms with Gasteiger partial charge in [-0.15, -0.1) is 11.8 Å². The van der Waals surface area contributed by atoms with Gasteiger partial charge in [0.25, 0.3) is 5.24 Å². The lowest BCUT2D eigenvalue weighted by Gasteiger charge is -2.26. The predicted molar refractivity (Wildman–Crippen MR) is 224 cm³/mol. The van der Waals surface area contributed by atoms with E-state index in [4.69, 9.17) is 9.47 Å². The molecule has 2 aliphatic heterocycles. The van der Waals surface area contributed by atoms with Crippen LogP contribution in [0.1, 0.15) is 68.3 Å². The number of alkyl halides is 3. The van der Waals surface area contributed by atoms with Gasteiger partial charge in [-0.3, -0.25) is 25.0 Å². The molecule has 5 aromatic carbocycles. The zero-order valence-corrected chi connectivity index (χ0v) is 33.8. The van der Waals surface area contributed by atoms with E-state index in [9.17, 15) is 27.6 Å². The summed E-state index contributed by atoms with van der Waals surface area (Å²) in [6, 6.07) is 34.9. The van der Waals surface area contributed by atoms with Crippen LogP contribution in [-0.4, -0.2) is 54.1 Å². The molecular formula is C45H44F3N3O5S2. The van der Waals surface area contributed by atoms with E-state index < -0.39 is 23.0 Å². The van der Waals surface area contributed by atoms with Gasteiger partial charge >= 0.3 is 6.18 Å². The van der Waals surface area contributed by atoms with Crippen molar-refractivity contribution in [3.8, 4) is 11.5 Å². The number of carbonyl (C=O) groups excluding carboxylic acids is 3. The molecule has 0 aliphatic carbocycles. The van der Waals surface area contributed by atoms with Gasteiger partial charge in [0.05, 0.1) is 31.1 Å². The Morgan fingerprint density at radius 2 is 1.41 bits per heavy atom. The molecule has 2 aliphatic rings. The Kier molecular flexibility index (Phi) is 14.4. The molecule has 0 saturated carbocycles. The fraction of sp³-hybridized carbons (Fsp3) is 0.267. The topological polar surface area (TPSA) is 106 Å². The van der Waals surface area contributed by atoms with Crippen molar-refractivity contribution in [3.05, 3.63) is 166 Å². The molecule has 302 valence electrons. The SMILES string of the molecule is COc1ccc(C(=O)c2cccc(CC3CNCS3)c2)cc1.COc1ccc(C(NC(C)c2cccc(C(F)(F)F)c2)c2cccc(CC3SC(=O)NC3=O)c2)cc1. The van der Waals surface area contributed by atoms with E-state index in [1.54, 1.807) is 20.3 Å². The Labute approximate surface area is 344 Å². The van der Waals surface area contributed by atoms with E-state index in [1.165, 1.54) is 11.6 Å². The molecule has 3 N–H and O–H groups in total. The summed E-state index contributed by atoms with van der Waals surface area (Å²) in [6.07, 6.45) is -3.04. The fourth-order valence-electron chi connectivity index (χ4n) is 6.75. The minimum absolute atomic E-state index is 0.0571. The highest BCUT2D eigenvalue weighted by atomic mass is 32.2. The van der Waals surface area contributed by atoms with Crippen molar-refractivity contribution in [3.63, 3.8) is 0 Å². The lowest BCUT2D eigenvalue weighted by molar-refractivity contribution is -0.137. The van der Waals surface area contributed by atoms with Crippen molar-refractivity contribution in [1.82, 2.24) is 16.0 Å². The smallest absolute Gasteiger partial charge is 0.416 e. The number of carbonyl (C=O) groups is 3. The summed E-state index contributed by atoms with van der Waals surface area (Å²) in [5.74, 6) is 2.22. The Bertz CT molecular complexity index is 2200. The largest absolute Gasteiger partial charge is 0.497 e. The van der Waals surface area contributed by atoms with Crippen molar-refractivity contribution < 1.29 is 37.0 Å². The Morgan fingerprint density at radius 1 is 0.776 bits per heavy atom. The molecule has 0 spiro atoms. The minimum atomic E-state index is -4.43. The van der Waals surface area contributed by atoms with Gasteiger partial charge in [-0.1, -0.05) is 78.5 Å². The van der Waals surface area contributed by atoms with E-state index in [0.717, 1.165) is 70.7 Å². The normalized spacial score (nSPS) is 17.5. The first kappa shape index (κ1) is 42.5. The first-order chi connectivity index (χ1) is 27.9. The van der Waals surface area contributed by atoms with Crippen LogP contribution in [0.5, 0.6) is 11.5 Å². The molecule has 4 atom stereocenters. The molecule has 0 radical (unpaired) electrons. The monoisotopic (exact) mass is 827 g/mol. The molecule has 2 amide bonds. The second kappa shape index (κ2) is 19.6. The number of benzene rings is 5. The average molecular weight is 828 g/mol. The quantitative estimate of drug-likeness (QED) is 0.100. The van der Waals surface area contributed by atoms with Gasteiger partial charge < -0.3 is 14.8 Å². The highest BCUT2D eigenvalue weighted by Crippen LogP contribution is 2.33. The second-order valence-corrected chi connectivity index (χ2v) is 16.4. The van der Waals surface area contributed by atoms with Crippen LogP contribution in [0.2, 0.25) is 0 Å². The van der Waals surface area contributed by atoms with E-state index in [2.05, 4.69) is 22.0 Å². The van der Waals surface area contributed by atoms with Crippen molar-refractivity contribution in [1.29, 1.82) is 0 Å². The average Bonchev–Trinajstić information content (AvgIpc) is 3.87. The molecule has 8 nitrogen and oxygen atoms in total. The summed E-state index contributed by atoms with van der Waals surface area (Å²) in [7, 11) is 3.20. The number of ketones is 1. The summed E-state index contributed by atoms with van der Waals surface area (Å²) in [5, 5.41) is 8.88. The van der Waals surface area contributed by atoms with Crippen LogP contribution in [0.15, 0.2) is 121 Å². The zero-order chi connectivity index (χ0) is 41.2. The number of thioether (sulfide) groups is 2. The van der Waals surface area contributed by atoms with Crippen LogP contribution in [0.4, 0.5) is 18.0 Å². The molecule has 2 saturated heterocycles. The summed E-state index contributed by atoms with van der Waals surface area (Å²) in [4.78, 5) is 36.2. The lowest BCUT2D eigenvalue weighted by atomic mass is 9.94. The van der Waals surface area contributed by atoms with Crippen molar-refractivity contribution in [2.75, 3.05) is 26.6 Å². The number of hydrogen-bond acceptors (Lipinski definition) is 9. The van der Waals surface area contributed by atoms with Crippen LogP contribution in [0.25, 0.3) is 0 Å². The van der Waals surface area contributed by atoms with E-state index in [-0.39, 0.29) is 23.0 Å². The Morgan fingerprint density at radius 3 is 2.03 bits per heavy atom. The van der Waals surface area contributed by atoms with Gasteiger partial charge in [0, 0.05) is 34.8 Å². The van der Waals surface area contributed by atoms with Gasteiger partial charge in [0.1, 0.15) is 11.5 Å². The third-order valence-corrected chi connectivity index (χ3v) is 12.0. The molecule has 2 fully saturated rings. The van der Waals surface area contributed by atoms with Crippen molar-refractivity contribution in [2.24, 2.45) is 0 Å². The van der Waals surface area contributed by atoms with E-state index in [0.29, 0.717) is 28.5 Å². The summed E-state index contributed by atoms with van der Waals surface area (Å²) in [6.45, 7) is 2.86. The number of amides is 2. The Hall–Kier alpha value is -5.08.